The third kappa shape index (κ3) is 2.73. The first kappa shape index (κ1) is 13.9. The summed E-state index contributed by atoms with van der Waals surface area (Å²) in [6.45, 7) is 6.81. The van der Waals surface area contributed by atoms with Gasteiger partial charge in [-0.1, -0.05) is 0 Å². The number of Topliss-reactive ketones (excluding diaryl/α,β-unsaturated/α-hetero) is 1. The van der Waals surface area contributed by atoms with Crippen LogP contribution < -0.4 is 0 Å². The largest absolute Gasteiger partial charge is 0.382 e. The van der Waals surface area contributed by atoms with Gasteiger partial charge in [-0.3, -0.25) is 4.79 Å². The molecule has 6 nitrogen and oxygen atoms in total. The molecule has 2 aliphatic rings. The van der Waals surface area contributed by atoms with Crippen LogP contribution in [0.2, 0.25) is 0 Å². The highest BCUT2D eigenvalue weighted by atomic mass is 16.7. The summed E-state index contributed by atoms with van der Waals surface area (Å²) in [5.74, 6) is -1.96. The van der Waals surface area contributed by atoms with Gasteiger partial charge in [-0.2, -0.15) is 0 Å². The van der Waals surface area contributed by atoms with Crippen LogP contribution in [0.15, 0.2) is 0 Å². The first-order chi connectivity index (χ1) is 8.14. The van der Waals surface area contributed by atoms with Crippen LogP contribution in [0.4, 0.5) is 0 Å². The van der Waals surface area contributed by atoms with Gasteiger partial charge in [0.15, 0.2) is 23.5 Å². The Labute approximate surface area is 106 Å². The van der Waals surface area contributed by atoms with E-state index in [1.54, 1.807) is 27.7 Å². The zero-order chi connectivity index (χ0) is 13.6. The van der Waals surface area contributed by atoms with Crippen molar-refractivity contribution in [3.63, 3.8) is 0 Å². The second-order valence-corrected chi connectivity index (χ2v) is 5.73. The summed E-state index contributed by atoms with van der Waals surface area (Å²) in [5, 5.41) is 10.5. The fraction of sp³-hybridized carbons (Fsp3) is 0.917. The first-order valence-electron chi connectivity index (χ1n) is 5.98. The van der Waals surface area contributed by atoms with Gasteiger partial charge in [-0.15, -0.1) is 0 Å². The molecule has 2 rings (SSSR count). The summed E-state index contributed by atoms with van der Waals surface area (Å²) in [6, 6.07) is 0. The summed E-state index contributed by atoms with van der Waals surface area (Å²) in [7, 11) is 0. The van der Waals surface area contributed by atoms with Gasteiger partial charge < -0.3 is 24.1 Å². The predicted molar refractivity (Wildman–Crippen MR) is 60.8 cm³/mol. The average molecular weight is 260 g/mol. The lowest BCUT2D eigenvalue weighted by Crippen LogP contribution is -2.64. The van der Waals surface area contributed by atoms with Crippen LogP contribution in [-0.4, -0.2) is 54.0 Å². The van der Waals surface area contributed by atoms with Crippen molar-refractivity contribution in [3.8, 4) is 0 Å². The van der Waals surface area contributed by atoms with E-state index in [4.69, 9.17) is 18.9 Å². The minimum atomic E-state index is -1.46. The summed E-state index contributed by atoms with van der Waals surface area (Å²) in [4.78, 5) is 11.8. The maximum absolute atomic E-state index is 11.8. The Morgan fingerprint density at radius 2 is 1.61 bits per heavy atom. The standard InChI is InChI=1S/C12H20O6/c1-10(2)16-6-12(14,7-17-10)9-8(13)5-15-11(3,4)18-9/h9,14H,5-7H2,1-4H3. The van der Waals surface area contributed by atoms with Crippen LogP contribution in [0.5, 0.6) is 0 Å². The molecule has 0 aromatic rings. The molecule has 1 atom stereocenters. The van der Waals surface area contributed by atoms with Crippen molar-refractivity contribution in [2.24, 2.45) is 0 Å². The zero-order valence-corrected chi connectivity index (χ0v) is 11.2. The SMILES string of the molecule is CC1(C)OCC(O)(C2OC(C)(C)OCC2=O)CO1. The molecule has 1 N–H and O–H groups in total. The number of hydrogen-bond donors (Lipinski definition) is 1. The molecule has 2 aliphatic heterocycles. The van der Waals surface area contributed by atoms with Crippen LogP contribution in [-0.2, 0) is 23.7 Å². The highest BCUT2D eigenvalue weighted by molar-refractivity contribution is 5.86. The Morgan fingerprint density at radius 1 is 1.06 bits per heavy atom. The van der Waals surface area contributed by atoms with E-state index in [-0.39, 0.29) is 25.6 Å². The number of carbonyl (C=O) groups is 1. The van der Waals surface area contributed by atoms with E-state index in [0.717, 1.165) is 0 Å². The molecule has 2 saturated heterocycles. The maximum Gasteiger partial charge on any atom is 0.190 e. The first-order valence-corrected chi connectivity index (χ1v) is 5.98. The molecule has 0 amide bonds. The molecule has 6 heteroatoms. The lowest BCUT2D eigenvalue weighted by molar-refractivity contribution is -0.344. The monoisotopic (exact) mass is 260 g/mol. The minimum absolute atomic E-state index is 0.00745. The predicted octanol–water partition coefficient (Wildman–Crippen LogP) is 0.221. The van der Waals surface area contributed by atoms with Gasteiger partial charge in [-0.25, -0.2) is 0 Å². The Hall–Kier alpha value is -0.530. The number of aliphatic hydroxyl groups is 1. The van der Waals surface area contributed by atoms with Crippen molar-refractivity contribution in [3.05, 3.63) is 0 Å². The molecule has 0 saturated carbocycles. The molecule has 0 bridgehead atoms. The van der Waals surface area contributed by atoms with Crippen LogP contribution in [0.1, 0.15) is 27.7 Å². The van der Waals surface area contributed by atoms with Gasteiger partial charge in [0, 0.05) is 0 Å². The summed E-state index contributed by atoms with van der Waals surface area (Å²) < 4.78 is 21.5. The van der Waals surface area contributed by atoms with E-state index >= 15 is 0 Å². The molecule has 0 spiro atoms. The minimum Gasteiger partial charge on any atom is -0.382 e. The maximum atomic E-state index is 11.8. The molecule has 1 unspecified atom stereocenters. The van der Waals surface area contributed by atoms with Crippen molar-refractivity contribution in [1.29, 1.82) is 0 Å². The number of ether oxygens (including phenoxy) is 4. The van der Waals surface area contributed by atoms with E-state index in [1.807, 2.05) is 0 Å². The summed E-state index contributed by atoms with van der Waals surface area (Å²) >= 11 is 0. The fourth-order valence-electron chi connectivity index (χ4n) is 1.95. The second-order valence-electron chi connectivity index (χ2n) is 5.73. The smallest absolute Gasteiger partial charge is 0.190 e. The molecule has 0 aromatic carbocycles. The third-order valence-corrected chi connectivity index (χ3v) is 3.08. The van der Waals surface area contributed by atoms with Crippen LogP contribution in [0, 0.1) is 0 Å². The van der Waals surface area contributed by atoms with Crippen molar-refractivity contribution in [2.75, 3.05) is 19.8 Å². The highest BCUT2D eigenvalue weighted by Gasteiger charge is 2.52. The molecular weight excluding hydrogens is 240 g/mol. The summed E-state index contributed by atoms with van der Waals surface area (Å²) in [6.07, 6.45) is -0.989. The van der Waals surface area contributed by atoms with Crippen LogP contribution in [0.3, 0.4) is 0 Å². The van der Waals surface area contributed by atoms with Gasteiger partial charge in [0.2, 0.25) is 0 Å². The van der Waals surface area contributed by atoms with Gasteiger partial charge >= 0.3 is 0 Å². The third-order valence-electron chi connectivity index (χ3n) is 3.08. The lowest BCUT2D eigenvalue weighted by Gasteiger charge is -2.46. The number of rotatable bonds is 1. The molecule has 0 radical (unpaired) electrons. The Kier molecular flexibility index (Phi) is 3.28. The van der Waals surface area contributed by atoms with Gasteiger partial charge in [0.1, 0.15) is 12.2 Å². The van der Waals surface area contributed by atoms with E-state index in [2.05, 4.69) is 0 Å². The van der Waals surface area contributed by atoms with E-state index in [9.17, 15) is 9.90 Å². The Morgan fingerprint density at radius 3 is 2.17 bits per heavy atom. The lowest BCUT2D eigenvalue weighted by atomic mass is 9.93. The van der Waals surface area contributed by atoms with Gasteiger partial charge in [0.05, 0.1) is 13.2 Å². The number of carbonyl (C=O) groups excluding carboxylic acids is 1. The topological polar surface area (TPSA) is 74.2 Å². The van der Waals surface area contributed by atoms with Crippen LogP contribution >= 0.6 is 0 Å². The highest BCUT2D eigenvalue weighted by Crippen LogP contribution is 2.32. The van der Waals surface area contributed by atoms with Crippen molar-refractivity contribution < 1.29 is 28.8 Å². The summed E-state index contributed by atoms with van der Waals surface area (Å²) in [5.41, 5.74) is -1.46. The van der Waals surface area contributed by atoms with E-state index in [1.165, 1.54) is 0 Å². The van der Waals surface area contributed by atoms with Crippen molar-refractivity contribution >= 4 is 5.78 Å². The van der Waals surface area contributed by atoms with Gasteiger partial charge in [0.25, 0.3) is 0 Å². The molecule has 104 valence electrons. The second kappa shape index (κ2) is 4.25. The molecule has 2 heterocycles. The Bertz CT molecular complexity index is 338. The molecule has 18 heavy (non-hydrogen) atoms. The molecule has 0 aromatic heterocycles. The normalized spacial score (nSPS) is 34.3. The Balaban J connectivity index is 2.12. The van der Waals surface area contributed by atoms with Crippen molar-refractivity contribution in [2.45, 2.75) is 51.0 Å². The number of hydrogen-bond acceptors (Lipinski definition) is 6. The van der Waals surface area contributed by atoms with Crippen LogP contribution in [0.25, 0.3) is 0 Å². The average Bonchev–Trinajstić information content (AvgIpc) is 2.27. The van der Waals surface area contributed by atoms with Crippen molar-refractivity contribution in [1.82, 2.24) is 0 Å². The van der Waals surface area contributed by atoms with E-state index < -0.39 is 23.3 Å². The quantitative estimate of drug-likeness (QED) is 0.727. The molecule has 2 fully saturated rings. The van der Waals surface area contributed by atoms with E-state index in [0.29, 0.717) is 0 Å². The number of ketones is 1. The fourth-order valence-corrected chi connectivity index (χ4v) is 1.95. The van der Waals surface area contributed by atoms with Gasteiger partial charge in [-0.05, 0) is 27.7 Å². The zero-order valence-electron chi connectivity index (χ0n) is 11.2. The molecule has 0 aliphatic carbocycles. The molecular formula is C12H20O6.